The summed E-state index contributed by atoms with van der Waals surface area (Å²) in [5.41, 5.74) is 0.486. The van der Waals surface area contributed by atoms with Gasteiger partial charge in [0.05, 0.1) is 0 Å². The van der Waals surface area contributed by atoms with Crippen LogP contribution in [-0.2, 0) is 0 Å². The van der Waals surface area contributed by atoms with Crippen LogP contribution in [0.15, 0.2) is 0 Å². The maximum atomic E-state index is 12.8. The number of hydrogen-bond acceptors (Lipinski definition) is 2. The average Bonchev–Trinajstić information content (AvgIpc) is 3.01. The molecule has 1 aliphatic heterocycles. The molecule has 2 saturated carbocycles. The Labute approximate surface area is 141 Å². The maximum Gasteiger partial charge on any atom is 0.317 e. The molecule has 4 heteroatoms. The van der Waals surface area contributed by atoms with Crippen molar-refractivity contribution in [3.63, 3.8) is 0 Å². The van der Waals surface area contributed by atoms with Crippen LogP contribution in [0.3, 0.4) is 0 Å². The Bertz CT molecular complexity index is 445. The summed E-state index contributed by atoms with van der Waals surface area (Å²) in [4.78, 5) is 14.9. The Morgan fingerprint density at radius 1 is 1.30 bits per heavy atom. The minimum Gasteiger partial charge on any atom is -0.396 e. The van der Waals surface area contributed by atoms with Gasteiger partial charge in [0.2, 0.25) is 0 Å². The predicted octanol–water partition coefficient (Wildman–Crippen LogP) is 3.40. The average molecular weight is 322 g/mol. The molecule has 1 saturated heterocycles. The van der Waals surface area contributed by atoms with Crippen LogP contribution < -0.4 is 5.32 Å². The molecule has 132 valence electrons. The zero-order valence-electron chi connectivity index (χ0n) is 15.1. The van der Waals surface area contributed by atoms with Crippen molar-refractivity contribution in [2.45, 2.75) is 71.8 Å². The Morgan fingerprint density at radius 2 is 2.04 bits per heavy atom. The fourth-order valence-electron chi connectivity index (χ4n) is 5.45. The second kappa shape index (κ2) is 6.27. The topological polar surface area (TPSA) is 52.6 Å². The number of amides is 2. The summed E-state index contributed by atoms with van der Waals surface area (Å²) in [5, 5.41) is 12.5. The lowest BCUT2D eigenvalue weighted by Crippen LogP contribution is -2.51. The highest BCUT2D eigenvalue weighted by atomic mass is 16.3. The van der Waals surface area contributed by atoms with Crippen molar-refractivity contribution >= 4 is 6.03 Å². The molecule has 3 fully saturated rings. The van der Waals surface area contributed by atoms with Crippen LogP contribution in [0.5, 0.6) is 0 Å². The summed E-state index contributed by atoms with van der Waals surface area (Å²) in [6, 6.07) is 0.604. The van der Waals surface area contributed by atoms with Gasteiger partial charge in [0.25, 0.3) is 0 Å². The Hall–Kier alpha value is -0.770. The number of carbonyl (C=O) groups excluding carboxylic acids is 1. The monoisotopic (exact) mass is 322 g/mol. The first-order chi connectivity index (χ1) is 10.9. The second-order valence-corrected chi connectivity index (χ2v) is 9.01. The summed E-state index contributed by atoms with van der Waals surface area (Å²) in [6.45, 7) is 8.79. The highest BCUT2D eigenvalue weighted by molar-refractivity contribution is 5.75. The molecule has 0 aromatic carbocycles. The smallest absolute Gasteiger partial charge is 0.317 e. The molecule has 4 nitrogen and oxygen atoms in total. The summed E-state index contributed by atoms with van der Waals surface area (Å²) in [6.07, 6.45) is 8.19. The van der Waals surface area contributed by atoms with Crippen LogP contribution in [-0.4, -0.2) is 41.8 Å². The van der Waals surface area contributed by atoms with E-state index in [0.29, 0.717) is 17.9 Å². The number of hydrogen-bond donors (Lipinski definition) is 2. The molecule has 23 heavy (non-hydrogen) atoms. The lowest BCUT2D eigenvalue weighted by molar-refractivity contribution is 0.0437. The third-order valence-electron chi connectivity index (χ3n) is 7.27. The molecular formula is C19H34N2O2. The molecule has 2 amide bonds. The van der Waals surface area contributed by atoms with Gasteiger partial charge in [-0.25, -0.2) is 4.79 Å². The molecule has 0 aromatic heterocycles. The van der Waals surface area contributed by atoms with Crippen LogP contribution in [0.2, 0.25) is 0 Å². The summed E-state index contributed by atoms with van der Waals surface area (Å²) in [7, 11) is 0. The second-order valence-electron chi connectivity index (χ2n) is 9.01. The van der Waals surface area contributed by atoms with E-state index < -0.39 is 0 Å². The molecule has 0 radical (unpaired) electrons. The van der Waals surface area contributed by atoms with Gasteiger partial charge in [-0.1, -0.05) is 33.6 Å². The number of aliphatic hydroxyl groups is 1. The first-order valence-corrected chi connectivity index (χ1v) is 9.55. The number of fused-ring (bicyclic) bond motifs is 1. The van der Waals surface area contributed by atoms with E-state index in [1.54, 1.807) is 0 Å². The van der Waals surface area contributed by atoms with E-state index in [0.717, 1.165) is 19.5 Å². The highest BCUT2D eigenvalue weighted by Crippen LogP contribution is 2.49. The molecule has 2 aliphatic carbocycles. The summed E-state index contributed by atoms with van der Waals surface area (Å²) in [5.74, 6) is 1.16. The van der Waals surface area contributed by atoms with Crippen molar-refractivity contribution in [2.24, 2.45) is 22.7 Å². The molecule has 0 bridgehead atoms. The van der Waals surface area contributed by atoms with Gasteiger partial charge in [-0.15, -0.1) is 0 Å². The quantitative estimate of drug-likeness (QED) is 0.815. The van der Waals surface area contributed by atoms with Crippen LogP contribution in [0.4, 0.5) is 4.79 Å². The van der Waals surface area contributed by atoms with E-state index >= 15 is 0 Å². The Morgan fingerprint density at radius 3 is 2.65 bits per heavy atom. The number of aliphatic hydroxyl groups excluding tert-OH is 1. The van der Waals surface area contributed by atoms with Crippen molar-refractivity contribution < 1.29 is 9.90 Å². The van der Waals surface area contributed by atoms with Gasteiger partial charge < -0.3 is 15.3 Å². The third-order valence-corrected chi connectivity index (χ3v) is 7.27. The van der Waals surface area contributed by atoms with Crippen molar-refractivity contribution in [2.75, 3.05) is 19.7 Å². The molecule has 0 aromatic rings. The van der Waals surface area contributed by atoms with Gasteiger partial charge >= 0.3 is 6.03 Å². The van der Waals surface area contributed by atoms with Gasteiger partial charge in [-0.05, 0) is 54.8 Å². The van der Waals surface area contributed by atoms with E-state index in [4.69, 9.17) is 0 Å². The van der Waals surface area contributed by atoms with Gasteiger partial charge in [0, 0.05) is 25.7 Å². The Balaban J connectivity index is 1.59. The minimum atomic E-state index is 0.148. The molecule has 3 rings (SSSR count). The van der Waals surface area contributed by atoms with Gasteiger partial charge in [-0.2, -0.15) is 0 Å². The lowest BCUT2D eigenvalue weighted by atomic mass is 9.60. The van der Waals surface area contributed by atoms with E-state index in [2.05, 4.69) is 31.0 Å². The van der Waals surface area contributed by atoms with Crippen LogP contribution in [0.1, 0.15) is 65.7 Å². The van der Waals surface area contributed by atoms with Crippen molar-refractivity contribution in [1.82, 2.24) is 10.2 Å². The number of urea groups is 1. The van der Waals surface area contributed by atoms with Crippen LogP contribution in [0, 0.1) is 22.7 Å². The largest absolute Gasteiger partial charge is 0.396 e. The summed E-state index contributed by atoms with van der Waals surface area (Å²) < 4.78 is 0. The predicted molar refractivity (Wildman–Crippen MR) is 92.2 cm³/mol. The zero-order valence-corrected chi connectivity index (χ0v) is 15.1. The van der Waals surface area contributed by atoms with E-state index in [1.165, 1.54) is 38.5 Å². The fraction of sp³-hybridized carbons (Fsp3) is 0.947. The summed E-state index contributed by atoms with van der Waals surface area (Å²) >= 11 is 0. The van der Waals surface area contributed by atoms with E-state index in [-0.39, 0.29) is 23.5 Å². The van der Waals surface area contributed by atoms with Gasteiger partial charge in [-0.3, -0.25) is 0 Å². The van der Waals surface area contributed by atoms with Gasteiger partial charge in [0.15, 0.2) is 0 Å². The van der Waals surface area contributed by atoms with Crippen molar-refractivity contribution in [3.05, 3.63) is 0 Å². The SMILES string of the molecule is CC(CCO)C1(CNC(=O)N2CC(C)(C)C3CCCC32)CCC1. The van der Waals surface area contributed by atoms with Crippen molar-refractivity contribution in [3.8, 4) is 0 Å². The molecule has 3 atom stereocenters. The number of rotatable bonds is 5. The van der Waals surface area contributed by atoms with E-state index in [1.807, 2.05) is 0 Å². The number of nitrogens with zero attached hydrogens (tertiary/aromatic N) is 1. The Kier molecular flexibility index (Phi) is 4.65. The zero-order chi connectivity index (χ0) is 16.7. The number of carbonyl (C=O) groups is 1. The number of nitrogens with one attached hydrogen (secondary N) is 1. The van der Waals surface area contributed by atoms with Crippen molar-refractivity contribution in [1.29, 1.82) is 0 Å². The van der Waals surface area contributed by atoms with E-state index in [9.17, 15) is 9.90 Å². The first-order valence-electron chi connectivity index (χ1n) is 9.55. The van der Waals surface area contributed by atoms with Crippen LogP contribution in [0.25, 0.3) is 0 Å². The molecule has 1 heterocycles. The van der Waals surface area contributed by atoms with Crippen LogP contribution >= 0.6 is 0 Å². The third kappa shape index (κ3) is 2.99. The normalized spacial score (nSPS) is 32.3. The highest BCUT2D eigenvalue weighted by Gasteiger charge is 2.51. The first kappa shape index (κ1) is 17.1. The fourth-order valence-corrected chi connectivity index (χ4v) is 5.45. The molecule has 3 unspecified atom stereocenters. The molecular weight excluding hydrogens is 288 g/mol. The molecule has 0 spiro atoms. The lowest BCUT2D eigenvalue weighted by Gasteiger charge is -2.47. The van der Waals surface area contributed by atoms with Gasteiger partial charge in [0.1, 0.15) is 0 Å². The number of likely N-dealkylation sites (tertiary alicyclic amines) is 1. The standard InChI is InChI=1S/C19H34N2O2/c1-14(8-11-22)19(9-5-10-19)12-20-17(23)21-13-18(2,3)15-6-4-7-16(15)21/h14-16,22H,4-13H2,1-3H3,(H,20,23). The maximum absolute atomic E-state index is 12.8. The minimum absolute atomic E-state index is 0.148. The molecule has 3 aliphatic rings. The molecule has 2 N–H and O–H groups in total.